The highest BCUT2D eigenvalue weighted by molar-refractivity contribution is 5.33. The number of phenolic OH excluding ortho intramolecular Hbond substituents is 1. The van der Waals surface area contributed by atoms with Crippen molar-refractivity contribution in [3.05, 3.63) is 59.7 Å². The Bertz CT molecular complexity index is 570. The summed E-state index contributed by atoms with van der Waals surface area (Å²) in [6.07, 6.45) is 1.81. The fourth-order valence-electron chi connectivity index (χ4n) is 2.21. The first-order valence-electron chi connectivity index (χ1n) is 7.53. The largest absolute Gasteiger partial charge is 0.508 e. The molecule has 0 aliphatic rings. The van der Waals surface area contributed by atoms with Crippen molar-refractivity contribution in [2.45, 2.75) is 39.0 Å². The molecule has 0 atom stereocenters. The third-order valence-electron chi connectivity index (χ3n) is 4.15. The van der Waals surface area contributed by atoms with E-state index in [-0.39, 0.29) is 5.41 Å². The SMILES string of the molecule is CCC(C)(C)c1ccc(OCCc2ccccc2O)cc1. The molecule has 0 aliphatic heterocycles. The Morgan fingerprint density at radius 3 is 2.29 bits per heavy atom. The molecule has 0 radical (unpaired) electrons. The molecule has 112 valence electrons. The third kappa shape index (κ3) is 4.01. The fourth-order valence-corrected chi connectivity index (χ4v) is 2.21. The number of ether oxygens (including phenoxy) is 1. The molecule has 1 N–H and O–H groups in total. The Labute approximate surface area is 127 Å². The van der Waals surface area contributed by atoms with Gasteiger partial charge in [0.15, 0.2) is 0 Å². The summed E-state index contributed by atoms with van der Waals surface area (Å²) in [6.45, 7) is 7.27. The van der Waals surface area contributed by atoms with Crippen LogP contribution >= 0.6 is 0 Å². The predicted octanol–water partition coefficient (Wildman–Crippen LogP) is 4.70. The van der Waals surface area contributed by atoms with Gasteiger partial charge < -0.3 is 9.84 Å². The van der Waals surface area contributed by atoms with E-state index in [2.05, 4.69) is 32.9 Å². The quantitative estimate of drug-likeness (QED) is 0.833. The second-order valence-corrected chi connectivity index (χ2v) is 5.99. The molecular weight excluding hydrogens is 260 g/mol. The second-order valence-electron chi connectivity index (χ2n) is 5.99. The van der Waals surface area contributed by atoms with Gasteiger partial charge in [-0.15, -0.1) is 0 Å². The molecule has 0 spiro atoms. The van der Waals surface area contributed by atoms with Gasteiger partial charge in [0.25, 0.3) is 0 Å². The smallest absolute Gasteiger partial charge is 0.119 e. The van der Waals surface area contributed by atoms with Crippen molar-refractivity contribution in [2.24, 2.45) is 0 Å². The molecule has 0 aliphatic carbocycles. The van der Waals surface area contributed by atoms with Crippen molar-refractivity contribution < 1.29 is 9.84 Å². The number of hydrogen-bond acceptors (Lipinski definition) is 2. The molecule has 0 amide bonds. The lowest BCUT2D eigenvalue weighted by molar-refractivity contribution is 0.319. The zero-order valence-corrected chi connectivity index (χ0v) is 13.1. The predicted molar refractivity (Wildman–Crippen MR) is 87.1 cm³/mol. The molecule has 0 unspecified atom stereocenters. The Hall–Kier alpha value is -1.96. The van der Waals surface area contributed by atoms with Crippen LogP contribution in [0.3, 0.4) is 0 Å². The van der Waals surface area contributed by atoms with Crippen LogP contribution in [0.25, 0.3) is 0 Å². The minimum absolute atomic E-state index is 0.203. The molecule has 2 heteroatoms. The summed E-state index contributed by atoms with van der Waals surface area (Å²) in [5.74, 6) is 1.21. The normalized spacial score (nSPS) is 11.4. The highest BCUT2D eigenvalue weighted by atomic mass is 16.5. The molecule has 2 aromatic rings. The Morgan fingerprint density at radius 2 is 1.67 bits per heavy atom. The zero-order chi connectivity index (χ0) is 15.3. The van der Waals surface area contributed by atoms with E-state index in [0.29, 0.717) is 18.8 Å². The summed E-state index contributed by atoms with van der Waals surface area (Å²) < 4.78 is 5.76. The van der Waals surface area contributed by atoms with Crippen LogP contribution in [0.15, 0.2) is 48.5 Å². The molecule has 0 fully saturated rings. The maximum atomic E-state index is 9.71. The maximum Gasteiger partial charge on any atom is 0.119 e. The van der Waals surface area contributed by atoms with E-state index in [9.17, 15) is 5.11 Å². The first-order valence-corrected chi connectivity index (χ1v) is 7.53. The summed E-state index contributed by atoms with van der Waals surface area (Å²) >= 11 is 0. The Kier molecular flexibility index (Phi) is 4.89. The van der Waals surface area contributed by atoms with E-state index in [1.54, 1.807) is 6.07 Å². The minimum Gasteiger partial charge on any atom is -0.508 e. The molecule has 2 nitrogen and oxygen atoms in total. The van der Waals surface area contributed by atoms with Gasteiger partial charge in [-0.1, -0.05) is 51.1 Å². The van der Waals surface area contributed by atoms with E-state index >= 15 is 0 Å². The van der Waals surface area contributed by atoms with Crippen LogP contribution in [-0.2, 0) is 11.8 Å². The van der Waals surface area contributed by atoms with E-state index in [0.717, 1.165) is 17.7 Å². The fraction of sp³-hybridized carbons (Fsp3) is 0.368. The van der Waals surface area contributed by atoms with E-state index in [1.807, 2.05) is 30.3 Å². The van der Waals surface area contributed by atoms with Crippen molar-refractivity contribution in [3.63, 3.8) is 0 Å². The van der Waals surface area contributed by atoms with E-state index in [1.165, 1.54) is 5.56 Å². The van der Waals surface area contributed by atoms with Crippen LogP contribution in [0.1, 0.15) is 38.3 Å². The summed E-state index contributed by atoms with van der Waals surface area (Å²) in [4.78, 5) is 0. The van der Waals surface area contributed by atoms with E-state index < -0.39 is 0 Å². The third-order valence-corrected chi connectivity index (χ3v) is 4.15. The number of para-hydroxylation sites is 1. The van der Waals surface area contributed by atoms with E-state index in [4.69, 9.17) is 4.74 Å². The monoisotopic (exact) mass is 284 g/mol. The van der Waals surface area contributed by atoms with Crippen molar-refractivity contribution in [1.29, 1.82) is 0 Å². The zero-order valence-electron chi connectivity index (χ0n) is 13.1. The van der Waals surface area contributed by atoms with Crippen LogP contribution in [0, 0.1) is 0 Å². The van der Waals surface area contributed by atoms with Gasteiger partial charge in [0.1, 0.15) is 11.5 Å². The molecule has 2 aromatic carbocycles. The first kappa shape index (κ1) is 15.4. The molecule has 21 heavy (non-hydrogen) atoms. The summed E-state index contributed by atoms with van der Waals surface area (Å²) in [7, 11) is 0. The standard InChI is InChI=1S/C19H24O2/c1-4-19(2,3)16-9-11-17(12-10-16)21-14-13-15-7-5-6-8-18(15)20/h5-12,20H,4,13-14H2,1-3H3. The number of hydrogen-bond donors (Lipinski definition) is 1. The van der Waals surface area contributed by atoms with Crippen molar-refractivity contribution >= 4 is 0 Å². The van der Waals surface area contributed by atoms with Crippen LogP contribution in [0.4, 0.5) is 0 Å². The number of phenols is 1. The van der Waals surface area contributed by atoms with Crippen LogP contribution in [-0.4, -0.2) is 11.7 Å². The molecular formula is C19H24O2. The average molecular weight is 284 g/mol. The average Bonchev–Trinajstić information content (AvgIpc) is 2.50. The highest BCUT2D eigenvalue weighted by Crippen LogP contribution is 2.28. The molecule has 2 rings (SSSR count). The Balaban J connectivity index is 1.91. The molecule has 0 saturated carbocycles. The molecule has 0 saturated heterocycles. The van der Waals surface area contributed by atoms with Gasteiger partial charge in [0.2, 0.25) is 0 Å². The molecule has 0 aromatic heterocycles. The number of aromatic hydroxyl groups is 1. The lowest BCUT2D eigenvalue weighted by atomic mass is 9.82. The first-order chi connectivity index (χ1) is 10.0. The lowest BCUT2D eigenvalue weighted by Crippen LogP contribution is -2.15. The van der Waals surface area contributed by atoms with Gasteiger partial charge in [-0.25, -0.2) is 0 Å². The van der Waals surface area contributed by atoms with Gasteiger partial charge >= 0.3 is 0 Å². The van der Waals surface area contributed by atoms with Crippen LogP contribution < -0.4 is 4.74 Å². The highest BCUT2D eigenvalue weighted by Gasteiger charge is 2.17. The summed E-state index contributed by atoms with van der Waals surface area (Å²) in [6, 6.07) is 15.7. The molecule has 0 heterocycles. The van der Waals surface area contributed by atoms with Gasteiger partial charge in [-0.3, -0.25) is 0 Å². The number of benzene rings is 2. The van der Waals surface area contributed by atoms with Gasteiger partial charge in [0.05, 0.1) is 6.61 Å². The van der Waals surface area contributed by atoms with Crippen molar-refractivity contribution in [3.8, 4) is 11.5 Å². The summed E-state index contributed by atoms with van der Waals surface area (Å²) in [5.41, 5.74) is 2.45. The van der Waals surface area contributed by atoms with Gasteiger partial charge in [-0.2, -0.15) is 0 Å². The molecule has 0 bridgehead atoms. The maximum absolute atomic E-state index is 9.71. The van der Waals surface area contributed by atoms with Gasteiger partial charge in [0, 0.05) is 6.42 Å². The van der Waals surface area contributed by atoms with Crippen molar-refractivity contribution in [2.75, 3.05) is 6.61 Å². The second kappa shape index (κ2) is 6.66. The van der Waals surface area contributed by atoms with Crippen LogP contribution in [0.5, 0.6) is 11.5 Å². The topological polar surface area (TPSA) is 29.5 Å². The lowest BCUT2D eigenvalue weighted by Gasteiger charge is -2.23. The van der Waals surface area contributed by atoms with Gasteiger partial charge in [-0.05, 0) is 41.2 Å². The summed E-state index contributed by atoms with van der Waals surface area (Å²) in [5, 5.41) is 9.71. The minimum atomic E-state index is 0.203. The van der Waals surface area contributed by atoms with Crippen molar-refractivity contribution in [1.82, 2.24) is 0 Å². The van der Waals surface area contributed by atoms with Crippen LogP contribution in [0.2, 0.25) is 0 Å². The Morgan fingerprint density at radius 1 is 1.00 bits per heavy atom. The number of rotatable bonds is 6.